The van der Waals surface area contributed by atoms with Crippen molar-refractivity contribution in [3.8, 4) is 5.88 Å². The Labute approximate surface area is 155 Å². The van der Waals surface area contributed by atoms with Gasteiger partial charge in [0.25, 0.3) is 0 Å². The highest BCUT2D eigenvalue weighted by atomic mass is 19.1. The third-order valence-electron chi connectivity index (χ3n) is 4.65. The zero-order valence-electron chi connectivity index (χ0n) is 14.6. The zero-order valence-corrected chi connectivity index (χ0v) is 14.6. The lowest BCUT2D eigenvalue weighted by molar-refractivity contribution is -0.120. The van der Waals surface area contributed by atoms with Crippen LogP contribution in [0, 0.1) is 5.82 Å². The van der Waals surface area contributed by atoms with Crippen LogP contribution in [0.3, 0.4) is 0 Å². The predicted octanol–water partition coefficient (Wildman–Crippen LogP) is 3.09. The summed E-state index contributed by atoms with van der Waals surface area (Å²) in [6.07, 6.45) is 1.87. The first-order valence-electron chi connectivity index (χ1n) is 8.77. The van der Waals surface area contributed by atoms with Crippen LogP contribution >= 0.6 is 0 Å². The molecule has 7 heteroatoms. The third kappa shape index (κ3) is 3.48. The standard InChI is InChI=1S/C20H19FN4O2/c21-16-11-13(5-6-18(16)25-9-7-19(26)22-8-10-25)23-12-15-14-3-1-2-4-17(14)24-20(15)27/h1-6,11-12,24,27H,7-10H2,(H,22,26). The summed E-state index contributed by atoms with van der Waals surface area (Å²) >= 11 is 0. The van der Waals surface area contributed by atoms with E-state index in [0.29, 0.717) is 43.0 Å². The number of nitrogens with one attached hydrogen (secondary N) is 2. The fraction of sp³-hybridized carbons (Fsp3) is 0.200. The van der Waals surface area contributed by atoms with Crippen molar-refractivity contribution >= 4 is 34.4 Å². The fourth-order valence-electron chi connectivity index (χ4n) is 3.26. The van der Waals surface area contributed by atoms with Gasteiger partial charge in [0.2, 0.25) is 5.91 Å². The van der Waals surface area contributed by atoms with Gasteiger partial charge in [-0.25, -0.2) is 4.39 Å². The Morgan fingerprint density at radius 3 is 2.89 bits per heavy atom. The quantitative estimate of drug-likeness (QED) is 0.623. The molecule has 0 aliphatic carbocycles. The minimum atomic E-state index is -0.387. The van der Waals surface area contributed by atoms with Gasteiger partial charge in [-0.2, -0.15) is 0 Å². The van der Waals surface area contributed by atoms with Crippen molar-refractivity contribution in [1.82, 2.24) is 10.3 Å². The number of benzene rings is 2. The minimum Gasteiger partial charge on any atom is -0.494 e. The molecule has 4 rings (SSSR count). The number of fused-ring (bicyclic) bond motifs is 1. The number of aromatic hydroxyl groups is 1. The molecule has 0 bridgehead atoms. The summed E-state index contributed by atoms with van der Waals surface area (Å²) in [5.74, 6) is -0.376. The molecule has 1 aromatic heterocycles. The van der Waals surface area contributed by atoms with Gasteiger partial charge in [-0.05, 0) is 18.2 Å². The number of rotatable bonds is 3. The van der Waals surface area contributed by atoms with Crippen LogP contribution in [0.5, 0.6) is 5.88 Å². The topological polar surface area (TPSA) is 80.7 Å². The van der Waals surface area contributed by atoms with E-state index in [1.807, 2.05) is 29.2 Å². The first kappa shape index (κ1) is 17.1. The summed E-state index contributed by atoms with van der Waals surface area (Å²) in [6.45, 7) is 1.54. The maximum Gasteiger partial charge on any atom is 0.221 e. The lowest BCUT2D eigenvalue weighted by Crippen LogP contribution is -2.28. The lowest BCUT2D eigenvalue weighted by Gasteiger charge is -2.22. The third-order valence-corrected chi connectivity index (χ3v) is 4.65. The van der Waals surface area contributed by atoms with Gasteiger partial charge in [-0.15, -0.1) is 0 Å². The van der Waals surface area contributed by atoms with Crippen molar-refractivity contribution in [3.63, 3.8) is 0 Å². The number of para-hydroxylation sites is 1. The Hall–Kier alpha value is -3.35. The van der Waals surface area contributed by atoms with E-state index in [2.05, 4.69) is 15.3 Å². The molecule has 6 nitrogen and oxygen atoms in total. The number of H-pyrrole nitrogens is 1. The number of nitrogens with zero attached hydrogens (tertiary/aromatic N) is 2. The molecular formula is C20H19FN4O2. The Morgan fingerprint density at radius 1 is 1.19 bits per heavy atom. The maximum absolute atomic E-state index is 14.6. The molecule has 0 atom stereocenters. The van der Waals surface area contributed by atoms with E-state index in [-0.39, 0.29) is 17.6 Å². The average Bonchev–Trinajstić information content (AvgIpc) is 2.82. The summed E-state index contributed by atoms with van der Waals surface area (Å²) in [5.41, 5.74) is 2.28. The van der Waals surface area contributed by atoms with Gasteiger partial charge in [0.05, 0.1) is 16.9 Å². The normalized spacial score (nSPS) is 15.3. The molecular weight excluding hydrogens is 347 g/mol. The van der Waals surface area contributed by atoms with Crippen LogP contribution in [-0.2, 0) is 4.79 Å². The number of hydrogen-bond acceptors (Lipinski definition) is 4. The molecule has 1 aliphatic heterocycles. The molecule has 138 valence electrons. The molecule has 1 aliphatic rings. The molecule has 27 heavy (non-hydrogen) atoms. The summed E-state index contributed by atoms with van der Waals surface area (Å²) in [5, 5.41) is 13.7. The average molecular weight is 366 g/mol. The highest BCUT2D eigenvalue weighted by Gasteiger charge is 2.17. The molecule has 2 aromatic carbocycles. The summed E-state index contributed by atoms with van der Waals surface area (Å²) < 4.78 is 14.6. The number of aromatic amines is 1. The van der Waals surface area contributed by atoms with E-state index in [1.54, 1.807) is 12.1 Å². The van der Waals surface area contributed by atoms with Gasteiger partial charge in [0, 0.05) is 49.2 Å². The van der Waals surface area contributed by atoms with Gasteiger partial charge in [0.1, 0.15) is 5.82 Å². The molecule has 1 amide bonds. The molecule has 0 saturated carbocycles. The smallest absolute Gasteiger partial charge is 0.221 e. The second kappa shape index (κ2) is 7.11. The molecule has 0 spiro atoms. The van der Waals surface area contributed by atoms with Crippen LogP contribution in [0.25, 0.3) is 10.9 Å². The first-order chi connectivity index (χ1) is 13.1. The van der Waals surface area contributed by atoms with Crippen molar-refractivity contribution in [1.29, 1.82) is 0 Å². The number of anilines is 1. The van der Waals surface area contributed by atoms with Crippen molar-refractivity contribution in [3.05, 3.63) is 53.8 Å². The van der Waals surface area contributed by atoms with Gasteiger partial charge in [-0.3, -0.25) is 9.79 Å². The molecule has 0 radical (unpaired) electrons. The van der Waals surface area contributed by atoms with Crippen molar-refractivity contribution < 1.29 is 14.3 Å². The molecule has 3 N–H and O–H groups in total. The molecule has 1 saturated heterocycles. The first-order valence-corrected chi connectivity index (χ1v) is 8.77. The Bertz CT molecular complexity index is 1030. The molecule has 3 aromatic rings. The Morgan fingerprint density at radius 2 is 2.04 bits per heavy atom. The largest absolute Gasteiger partial charge is 0.494 e. The second-order valence-electron chi connectivity index (χ2n) is 6.41. The van der Waals surface area contributed by atoms with Gasteiger partial charge < -0.3 is 20.3 Å². The van der Waals surface area contributed by atoms with Crippen LogP contribution in [0.4, 0.5) is 15.8 Å². The van der Waals surface area contributed by atoms with Gasteiger partial charge in [-0.1, -0.05) is 18.2 Å². The van der Waals surface area contributed by atoms with Crippen LogP contribution < -0.4 is 10.2 Å². The van der Waals surface area contributed by atoms with Crippen molar-refractivity contribution in [2.24, 2.45) is 4.99 Å². The Kier molecular flexibility index (Phi) is 4.50. The Balaban J connectivity index is 1.58. The highest BCUT2D eigenvalue weighted by Crippen LogP contribution is 2.28. The van der Waals surface area contributed by atoms with E-state index in [9.17, 15) is 14.3 Å². The van der Waals surface area contributed by atoms with Gasteiger partial charge in [0.15, 0.2) is 5.88 Å². The number of amides is 1. The van der Waals surface area contributed by atoms with E-state index < -0.39 is 0 Å². The van der Waals surface area contributed by atoms with Crippen molar-refractivity contribution in [2.45, 2.75) is 6.42 Å². The second-order valence-corrected chi connectivity index (χ2v) is 6.41. The van der Waals surface area contributed by atoms with Crippen LogP contribution in [0.15, 0.2) is 47.5 Å². The lowest BCUT2D eigenvalue weighted by atomic mass is 10.2. The predicted molar refractivity (Wildman–Crippen MR) is 103 cm³/mol. The van der Waals surface area contributed by atoms with Crippen LogP contribution in [0.1, 0.15) is 12.0 Å². The van der Waals surface area contributed by atoms with Crippen molar-refractivity contribution in [2.75, 3.05) is 24.5 Å². The SMILES string of the molecule is O=C1CCN(c2ccc(N=Cc3c(O)[nH]c4ccccc34)cc2F)CCN1. The van der Waals surface area contributed by atoms with Crippen LogP contribution in [0.2, 0.25) is 0 Å². The number of halogens is 1. The summed E-state index contributed by atoms with van der Waals surface area (Å²) in [6, 6.07) is 12.3. The minimum absolute atomic E-state index is 0.0161. The molecule has 0 unspecified atom stereocenters. The monoisotopic (exact) mass is 366 g/mol. The fourth-order valence-corrected chi connectivity index (χ4v) is 3.26. The van der Waals surface area contributed by atoms with Gasteiger partial charge >= 0.3 is 0 Å². The van der Waals surface area contributed by atoms with E-state index in [1.165, 1.54) is 12.3 Å². The highest BCUT2D eigenvalue weighted by molar-refractivity contribution is 6.02. The summed E-state index contributed by atoms with van der Waals surface area (Å²) in [7, 11) is 0. The number of aromatic nitrogens is 1. The number of carbonyl (C=O) groups excluding carboxylic acids is 1. The van der Waals surface area contributed by atoms with E-state index >= 15 is 0 Å². The van der Waals surface area contributed by atoms with Crippen LogP contribution in [-0.4, -0.2) is 41.8 Å². The summed E-state index contributed by atoms with van der Waals surface area (Å²) in [4.78, 5) is 20.5. The number of aliphatic imine (C=N–C) groups is 1. The zero-order chi connectivity index (χ0) is 18.8. The van der Waals surface area contributed by atoms with E-state index in [0.717, 1.165) is 10.9 Å². The number of hydrogen-bond donors (Lipinski definition) is 3. The molecule has 1 fully saturated rings. The van der Waals surface area contributed by atoms with E-state index in [4.69, 9.17) is 0 Å². The molecule has 2 heterocycles. The maximum atomic E-state index is 14.6. The number of carbonyl (C=O) groups is 1.